The van der Waals surface area contributed by atoms with Crippen LogP contribution < -0.4 is 10.1 Å². The molecule has 2 rings (SSSR count). The van der Waals surface area contributed by atoms with Crippen molar-refractivity contribution in [1.29, 1.82) is 0 Å². The second-order valence-electron chi connectivity index (χ2n) is 6.43. The predicted molar refractivity (Wildman–Crippen MR) is 102 cm³/mol. The van der Waals surface area contributed by atoms with Crippen molar-refractivity contribution in [3.05, 3.63) is 35.2 Å². The van der Waals surface area contributed by atoms with E-state index in [0.29, 0.717) is 21.9 Å². The number of benzene rings is 1. The van der Waals surface area contributed by atoms with Crippen LogP contribution in [0.15, 0.2) is 29.6 Å². The Morgan fingerprint density at radius 3 is 2.35 bits per heavy atom. The Bertz CT molecular complexity index is 774. The van der Waals surface area contributed by atoms with Gasteiger partial charge in [-0.1, -0.05) is 12.1 Å². The van der Waals surface area contributed by atoms with Crippen molar-refractivity contribution in [3.8, 4) is 16.9 Å². The van der Waals surface area contributed by atoms with Crippen molar-refractivity contribution < 1.29 is 23.8 Å². The third kappa shape index (κ3) is 4.98. The number of rotatable bonds is 5. The van der Waals surface area contributed by atoms with Gasteiger partial charge in [-0.05, 0) is 45.4 Å². The fourth-order valence-corrected chi connectivity index (χ4v) is 3.18. The molecule has 26 heavy (non-hydrogen) atoms. The van der Waals surface area contributed by atoms with Crippen LogP contribution in [0.25, 0.3) is 11.1 Å². The maximum absolute atomic E-state index is 12.5. The molecule has 1 heterocycles. The summed E-state index contributed by atoms with van der Waals surface area (Å²) in [5.41, 5.74) is 1.18. The molecule has 1 amide bonds. The van der Waals surface area contributed by atoms with Crippen LogP contribution in [-0.4, -0.2) is 31.4 Å². The van der Waals surface area contributed by atoms with Crippen molar-refractivity contribution in [3.63, 3.8) is 0 Å². The minimum Gasteiger partial charge on any atom is -0.497 e. The fourth-order valence-electron chi connectivity index (χ4n) is 2.24. The molecule has 1 aromatic carbocycles. The van der Waals surface area contributed by atoms with E-state index in [9.17, 15) is 9.59 Å². The van der Waals surface area contributed by atoms with E-state index in [-0.39, 0.29) is 6.61 Å². The third-order valence-corrected chi connectivity index (χ3v) is 4.18. The van der Waals surface area contributed by atoms with Crippen LogP contribution in [-0.2, 0) is 9.47 Å². The first kappa shape index (κ1) is 19.8. The van der Waals surface area contributed by atoms with Crippen LogP contribution in [0, 0.1) is 0 Å². The van der Waals surface area contributed by atoms with Crippen LogP contribution in [0.1, 0.15) is 38.1 Å². The van der Waals surface area contributed by atoms with E-state index >= 15 is 0 Å². The number of methoxy groups -OCH3 is 1. The summed E-state index contributed by atoms with van der Waals surface area (Å²) in [7, 11) is 1.59. The lowest BCUT2D eigenvalue weighted by Crippen LogP contribution is -2.27. The van der Waals surface area contributed by atoms with Gasteiger partial charge in [0.25, 0.3) is 0 Å². The number of amides is 1. The summed E-state index contributed by atoms with van der Waals surface area (Å²) in [5, 5.41) is 4.85. The smallest absolute Gasteiger partial charge is 0.412 e. The van der Waals surface area contributed by atoms with Gasteiger partial charge in [0.1, 0.15) is 21.9 Å². The molecule has 140 valence electrons. The first-order chi connectivity index (χ1) is 12.2. The third-order valence-electron chi connectivity index (χ3n) is 3.29. The summed E-state index contributed by atoms with van der Waals surface area (Å²) in [5.74, 6) is 0.222. The van der Waals surface area contributed by atoms with E-state index in [0.717, 1.165) is 5.56 Å². The molecule has 0 unspecified atom stereocenters. The normalized spacial score (nSPS) is 11.0. The Hall–Kier alpha value is -2.54. The van der Waals surface area contributed by atoms with Gasteiger partial charge in [0, 0.05) is 10.9 Å². The Kier molecular flexibility index (Phi) is 6.26. The van der Waals surface area contributed by atoms with Gasteiger partial charge >= 0.3 is 12.1 Å². The largest absolute Gasteiger partial charge is 0.497 e. The first-order valence-corrected chi connectivity index (χ1v) is 9.06. The molecule has 0 spiro atoms. The second-order valence-corrected chi connectivity index (χ2v) is 7.31. The summed E-state index contributed by atoms with van der Waals surface area (Å²) in [6, 6.07) is 7.31. The van der Waals surface area contributed by atoms with Crippen molar-refractivity contribution in [1.82, 2.24) is 0 Å². The van der Waals surface area contributed by atoms with Crippen molar-refractivity contribution >= 4 is 28.4 Å². The van der Waals surface area contributed by atoms with Crippen molar-refractivity contribution in [2.75, 3.05) is 19.0 Å². The maximum Gasteiger partial charge on any atom is 0.412 e. The standard InChI is InChI=1S/C19H23NO5S/c1-6-24-17(21)15-14(12-7-9-13(23-5)10-8-12)11-26-16(15)20-18(22)25-19(2,3)4/h7-11H,6H2,1-5H3,(H,20,22). The zero-order valence-corrected chi connectivity index (χ0v) is 16.4. The summed E-state index contributed by atoms with van der Waals surface area (Å²) in [4.78, 5) is 24.6. The second kappa shape index (κ2) is 8.23. The molecule has 0 aliphatic rings. The molecule has 0 atom stereocenters. The van der Waals surface area contributed by atoms with E-state index in [1.807, 2.05) is 24.3 Å². The lowest BCUT2D eigenvalue weighted by atomic mass is 10.0. The Labute approximate surface area is 157 Å². The number of hydrogen-bond acceptors (Lipinski definition) is 6. The van der Waals surface area contributed by atoms with Crippen LogP contribution in [0.4, 0.5) is 9.80 Å². The molecule has 0 radical (unpaired) electrons. The van der Waals surface area contributed by atoms with Gasteiger partial charge in [0.15, 0.2) is 0 Å². The molecule has 1 N–H and O–H groups in total. The molecule has 0 aliphatic carbocycles. The van der Waals surface area contributed by atoms with Gasteiger partial charge in [-0.3, -0.25) is 5.32 Å². The van der Waals surface area contributed by atoms with E-state index in [1.54, 1.807) is 40.2 Å². The quantitative estimate of drug-likeness (QED) is 0.747. The number of carbonyl (C=O) groups is 2. The van der Waals surface area contributed by atoms with E-state index in [4.69, 9.17) is 14.2 Å². The number of thiophene rings is 1. The van der Waals surface area contributed by atoms with Crippen LogP contribution in [0.5, 0.6) is 5.75 Å². The minimum absolute atomic E-state index is 0.239. The molecule has 0 saturated heterocycles. The molecule has 0 saturated carbocycles. The van der Waals surface area contributed by atoms with Gasteiger partial charge in [0.2, 0.25) is 0 Å². The van der Waals surface area contributed by atoms with Gasteiger partial charge in [-0.15, -0.1) is 11.3 Å². The Balaban J connectivity index is 2.38. The number of esters is 1. The van der Waals surface area contributed by atoms with Crippen LogP contribution >= 0.6 is 11.3 Å². The van der Waals surface area contributed by atoms with Gasteiger partial charge in [-0.25, -0.2) is 9.59 Å². The molecule has 0 aliphatic heterocycles. The summed E-state index contributed by atoms with van der Waals surface area (Å²) < 4.78 is 15.6. The van der Waals surface area contributed by atoms with Crippen LogP contribution in [0.2, 0.25) is 0 Å². The molecule has 2 aromatic rings. The summed E-state index contributed by atoms with van der Waals surface area (Å²) >= 11 is 1.25. The number of carbonyl (C=O) groups excluding carboxylic acids is 2. The Morgan fingerprint density at radius 1 is 1.15 bits per heavy atom. The Morgan fingerprint density at radius 2 is 1.81 bits per heavy atom. The predicted octanol–water partition coefficient (Wildman–Crippen LogP) is 4.95. The molecular weight excluding hydrogens is 354 g/mol. The number of hydrogen-bond donors (Lipinski definition) is 1. The maximum atomic E-state index is 12.5. The highest BCUT2D eigenvalue weighted by Gasteiger charge is 2.24. The molecule has 0 fully saturated rings. The lowest BCUT2D eigenvalue weighted by molar-refractivity contribution is 0.0529. The highest BCUT2D eigenvalue weighted by atomic mass is 32.1. The van der Waals surface area contributed by atoms with Crippen molar-refractivity contribution in [2.45, 2.75) is 33.3 Å². The SMILES string of the molecule is CCOC(=O)c1c(-c2ccc(OC)cc2)csc1NC(=O)OC(C)(C)C. The van der Waals surface area contributed by atoms with Gasteiger partial charge in [-0.2, -0.15) is 0 Å². The van der Waals surface area contributed by atoms with Gasteiger partial charge < -0.3 is 14.2 Å². The zero-order valence-electron chi connectivity index (χ0n) is 15.5. The highest BCUT2D eigenvalue weighted by Crippen LogP contribution is 2.37. The van der Waals surface area contributed by atoms with E-state index in [1.165, 1.54) is 11.3 Å². The van der Waals surface area contributed by atoms with E-state index < -0.39 is 17.7 Å². The molecular formula is C19H23NO5S. The fraction of sp³-hybridized carbons (Fsp3) is 0.368. The average molecular weight is 377 g/mol. The zero-order chi connectivity index (χ0) is 19.3. The molecule has 7 heteroatoms. The average Bonchev–Trinajstić information content (AvgIpc) is 2.96. The first-order valence-electron chi connectivity index (χ1n) is 8.18. The highest BCUT2D eigenvalue weighted by molar-refractivity contribution is 7.15. The number of anilines is 1. The number of ether oxygens (including phenoxy) is 3. The topological polar surface area (TPSA) is 73.9 Å². The summed E-state index contributed by atoms with van der Waals surface area (Å²) in [6.07, 6.45) is -0.619. The molecule has 6 nitrogen and oxygen atoms in total. The van der Waals surface area contributed by atoms with Crippen LogP contribution in [0.3, 0.4) is 0 Å². The lowest BCUT2D eigenvalue weighted by Gasteiger charge is -2.19. The molecule has 0 bridgehead atoms. The monoisotopic (exact) mass is 377 g/mol. The van der Waals surface area contributed by atoms with Gasteiger partial charge in [0.05, 0.1) is 13.7 Å². The van der Waals surface area contributed by atoms with E-state index in [2.05, 4.69) is 5.32 Å². The van der Waals surface area contributed by atoms with Crippen molar-refractivity contribution in [2.24, 2.45) is 0 Å². The summed E-state index contributed by atoms with van der Waals surface area (Å²) in [6.45, 7) is 7.29. The molecule has 1 aromatic heterocycles. The minimum atomic E-state index is -0.635. The number of nitrogens with one attached hydrogen (secondary N) is 1.